The zero-order valence-electron chi connectivity index (χ0n) is 19.0. The van der Waals surface area contributed by atoms with Gasteiger partial charge in [0.05, 0.1) is 19.9 Å². The van der Waals surface area contributed by atoms with Crippen LogP contribution in [0.1, 0.15) is 56.1 Å². The molecule has 1 aliphatic carbocycles. The maximum atomic E-state index is 5.50. The number of likely N-dealkylation sites (tertiary alicyclic amines) is 1. The van der Waals surface area contributed by atoms with Crippen LogP contribution in [0.15, 0.2) is 41.7 Å². The molecule has 2 aliphatic rings. The molecule has 2 aromatic rings. The summed E-state index contributed by atoms with van der Waals surface area (Å²) < 4.78 is 7.40. The fourth-order valence-electron chi connectivity index (χ4n) is 5.07. The minimum absolute atomic E-state index is 0. The summed E-state index contributed by atoms with van der Waals surface area (Å²) in [6.07, 6.45) is 10.2. The van der Waals surface area contributed by atoms with Crippen molar-refractivity contribution < 1.29 is 4.74 Å². The molecule has 1 saturated carbocycles. The lowest BCUT2D eigenvalue weighted by molar-refractivity contribution is 0.406. The van der Waals surface area contributed by atoms with Gasteiger partial charge in [-0.15, -0.1) is 24.0 Å². The summed E-state index contributed by atoms with van der Waals surface area (Å²) in [6, 6.07) is 8.61. The van der Waals surface area contributed by atoms with E-state index in [1.807, 2.05) is 24.0 Å². The lowest BCUT2D eigenvalue weighted by Crippen LogP contribution is -2.41. The average Bonchev–Trinajstić information content (AvgIpc) is 3.52. The van der Waals surface area contributed by atoms with E-state index in [1.54, 1.807) is 7.11 Å². The monoisotopic (exact) mass is 537 g/mol. The molecule has 0 amide bonds. The number of methoxy groups -OCH3 is 1. The van der Waals surface area contributed by atoms with Crippen molar-refractivity contribution >= 4 is 29.9 Å². The first-order valence-corrected chi connectivity index (χ1v) is 11.3. The number of hydrogen-bond acceptors (Lipinski definition) is 3. The molecule has 6 nitrogen and oxygen atoms in total. The molecule has 7 heteroatoms. The minimum Gasteiger partial charge on any atom is -0.497 e. The topological polar surface area (TPSA) is 54.7 Å². The highest BCUT2D eigenvalue weighted by Crippen LogP contribution is 2.42. The van der Waals surface area contributed by atoms with E-state index >= 15 is 0 Å². The predicted molar refractivity (Wildman–Crippen MR) is 137 cm³/mol. The van der Waals surface area contributed by atoms with Crippen LogP contribution in [0.4, 0.5) is 0 Å². The number of aliphatic imine (C=N–C) groups is 1. The van der Waals surface area contributed by atoms with Crippen LogP contribution in [0.2, 0.25) is 0 Å². The molecule has 1 saturated heterocycles. The first kappa shape index (κ1) is 23.9. The second-order valence-corrected chi connectivity index (χ2v) is 8.77. The second-order valence-electron chi connectivity index (χ2n) is 8.77. The molecule has 1 aromatic carbocycles. The van der Waals surface area contributed by atoms with Crippen LogP contribution in [0.3, 0.4) is 0 Å². The van der Waals surface area contributed by atoms with E-state index in [0.717, 1.165) is 44.3 Å². The van der Waals surface area contributed by atoms with Crippen molar-refractivity contribution in [2.75, 3.05) is 33.3 Å². The van der Waals surface area contributed by atoms with Gasteiger partial charge < -0.3 is 15.0 Å². The van der Waals surface area contributed by atoms with Crippen molar-refractivity contribution in [3.63, 3.8) is 0 Å². The van der Waals surface area contributed by atoms with Crippen molar-refractivity contribution in [2.24, 2.45) is 12.0 Å². The molecule has 2 fully saturated rings. The molecule has 1 N–H and O–H groups in total. The van der Waals surface area contributed by atoms with Crippen LogP contribution >= 0.6 is 24.0 Å². The molecule has 1 aliphatic heterocycles. The van der Waals surface area contributed by atoms with Crippen LogP contribution in [0.25, 0.3) is 0 Å². The lowest BCUT2D eigenvalue weighted by Gasteiger charge is -2.30. The number of guanidine groups is 1. The maximum Gasteiger partial charge on any atom is 0.193 e. The lowest BCUT2D eigenvalue weighted by atomic mass is 9.79. The van der Waals surface area contributed by atoms with Gasteiger partial charge in [0.1, 0.15) is 5.75 Å². The van der Waals surface area contributed by atoms with Crippen molar-refractivity contribution in [3.8, 4) is 5.75 Å². The summed E-state index contributed by atoms with van der Waals surface area (Å²) in [5, 5.41) is 7.90. The second kappa shape index (κ2) is 10.7. The SMILES string of the molecule is CCNC(=NCC1(c2cccc(OC)c2)CCCC1)N1CCC(c2cnn(C)c2)C1.I. The zero-order chi connectivity index (χ0) is 21.0. The van der Waals surface area contributed by atoms with Crippen LogP contribution in [0, 0.1) is 0 Å². The molecule has 31 heavy (non-hydrogen) atoms. The van der Waals surface area contributed by atoms with Crippen molar-refractivity contribution in [1.82, 2.24) is 20.0 Å². The van der Waals surface area contributed by atoms with E-state index in [-0.39, 0.29) is 29.4 Å². The van der Waals surface area contributed by atoms with Gasteiger partial charge in [-0.3, -0.25) is 9.67 Å². The van der Waals surface area contributed by atoms with Crippen LogP contribution in [-0.4, -0.2) is 53.9 Å². The minimum atomic E-state index is 0. The predicted octanol–water partition coefficient (Wildman–Crippen LogP) is 4.31. The number of ether oxygens (including phenoxy) is 1. The Bertz CT molecular complexity index is 874. The molecule has 0 bridgehead atoms. The average molecular weight is 537 g/mol. The van der Waals surface area contributed by atoms with Crippen LogP contribution < -0.4 is 10.1 Å². The highest BCUT2D eigenvalue weighted by atomic mass is 127. The Hall–Kier alpha value is -1.77. The summed E-state index contributed by atoms with van der Waals surface area (Å²) in [5.41, 5.74) is 2.82. The van der Waals surface area contributed by atoms with Crippen molar-refractivity contribution in [1.29, 1.82) is 0 Å². The molecule has 2 heterocycles. The number of nitrogens with one attached hydrogen (secondary N) is 1. The molecular formula is C24H36IN5O. The summed E-state index contributed by atoms with van der Waals surface area (Å²) in [6.45, 7) is 5.91. The van der Waals surface area contributed by atoms with E-state index in [4.69, 9.17) is 9.73 Å². The fraction of sp³-hybridized carbons (Fsp3) is 0.583. The van der Waals surface area contributed by atoms with Gasteiger partial charge in [0.25, 0.3) is 0 Å². The summed E-state index contributed by atoms with van der Waals surface area (Å²) in [7, 11) is 3.73. The molecule has 0 spiro atoms. The molecule has 1 unspecified atom stereocenters. The maximum absolute atomic E-state index is 5.50. The van der Waals surface area contributed by atoms with Gasteiger partial charge in [-0.25, -0.2) is 0 Å². The summed E-state index contributed by atoms with van der Waals surface area (Å²) >= 11 is 0. The molecule has 0 radical (unpaired) electrons. The van der Waals surface area contributed by atoms with E-state index < -0.39 is 0 Å². The molecule has 4 rings (SSSR count). The van der Waals surface area contributed by atoms with Gasteiger partial charge in [-0.05, 0) is 49.4 Å². The molecule has 1 atom stereocenters. The number of aryl methyl sites for hydroxylation is 1. The Labute approximate surface area is 203 Å². The fourth-order valence-corrected chi connectivity index (χ4v) is 5.07. The Morgan fingerprint density at radius 2 is 2.13 bits per heavy atom. The van der Waals surface area contributed by atoms with E-state index in [1.165, 1.54) is 36.8 Å². The third kappa shape index (κ3) is 5.35. The van der Waals surface area contributed by atoms with E-state index in [0.29, 0.717) is 5.92 Å². The Morgan fingerprint density at radius 3 is 2.81 bits per heavy atom. The number of aromatic nitrogens is 2. The number of halogens is 1. The van der Waals surface area contributed by atoms with Crippen molar-refractivity contribution in [3.05, 3.63) is 47.8 Å². The van der Waals surface area contributed by atoms with Crippen LogP contribution in [0.5, 0.6) is 5.75 Å². The number of nitrogens with zero attached hydrogens (tertiary/aromatic N) is 4. The molecule has 1 aromatic heterocycles. The van der Waals surface area contributed by atoms with E-state index in [9.17, 15) is 0 Å². The van der Waals surface area contributed by atoms with Gasteiger partial charge in [0.2, 0.25) is 0 Å². The number of hydrogen-bond donors (Lipinski definition) is 1. The molecular weight excluding hydrogens is 501 g/mol. The number of rotatable bonds is 6. The Balaban J connectivity index is 0.00000272. The largest absolute Gasteiger partial charge is 0.497 e. The van der Waals surface area contributed by atoms with Crippen molar-refractivity contribution in [2.45, 2.75) is 50.4 Å². The van der Waals surface area contributed by atoms with E-state index in [2.05, 4.69) is 46.6 Å². The smallest absolute Gasteiger partial charge is 0.193 e. The highest BCUT2D eigenvalue weighted by molar-refractivity contribution is 14.0. The third-order valence-electron chi connectivity index (χ3n) is 6.79. The summed E-state index contributed by atoms with van der Waals surface area (Å²) in [4.78, 5) is 7.61. The quantitative estimate of drug-likeness (QED) is 0.339. The Kier molecular flexibility index (Phi) is 8.24. The molecule has 170 valence electrons. The zero-order valence-corrected chi connectivity index (χ0v) is 21.3. The van der Waals surface area contributed by atoms with Gasteiger partial charge >= 0.3 is 0 Å². The van der Waals surface area contributed by atoms with Gasteiger partial charge in [-0.2, -0.15) is 5.10 Å². The third-order valence-corrected chi connectivity index (χ3v) is 6.79. The van der Waals surface area contributed by atoms with Gasteiger partial charge in [0.15, 0.2) is 5.96 Å². The normalized spacial score (nSPS) is 20.5. The van der Waals surface area contributed by atoms with Gasteiger partial charge in [-0.1, -0.05) is 25.0 Å². The standard InChI is InChI=1S/C24H35N5O.HI/c1-4-25-23(29-13-10-19(17-29)20-15-27-28(2)16-20)26-18-24(11-5-6-12-24)21-8-7-9-22(14-21)30-3;/h7-9,14-16,19H,4-6,10-13,17-18H2,1-3H3,(H,25,26);1H. The first-order valence-electron chi connectivity index (χ1n) is 11.3. The number of benzene rings is 1. The van der Waals surface area contributed by atoms with Crippen LogP contribution in [-0.2, 0) is 12.5 Å². The first-order chi connectivity index (χ1) is 14.6. The highest BCUT2D eigenvalue weighted by Gasteiger charge is 2.36. The van der Waals surface area contributed by atoms with Gasteiger partial charge in [0, 0.05) is 44.2 Å². The summed E-state index contributed by atoms with van der Waals surface area (Å²) in [5.74, 6) is 2.52. The Morgan fingerprint density at radius 1 is 1.32 bits per heavy atom.